The summed E-state index contributed by atoms with van der Waals surface area (Å²) in [5.74, 6) is -0.282. The van der Waals surface area contributed by atoms with Gasteiger partial charge in [-0.05, 0) is 48.2 Å². The zero-order chi connectivity index (χ0) is 18.8. The van der Waals surface area contributed by atoms with Crippen LogP contribution in [-0.4, -0.2) is 22.3 Å². The van der Waals surface area contributed by atoms with Crippen LogP contribution in [0, 0.1) is 5.41 Å². The van der Waals surface area contributed by atoms with Crippen LogP contribution < -0.4 is 4.90 Å². The lowest BCUT2D eigenvalue weighted by Gasteiger charge is -2.36. The maximum atomic E-state index is 13.8. The first kappa shape index (κ1) is 17.0. The second-order valence-electron chi connectivity index (χ2n) is 7.94. The fraction of sp³-hybridized carbons (Fsp3) is 0.364. The van der Waals surface area contributed by atoms with Gasteiger partial charge in [-0.25, -0.2) is 0 Å². The first-order valence-corrected chi connectivity index (χ1v) is 9.79. The molecule has 1 aliphatic heterocycles. The lowest BCUT2D eigenvalue weighted by molar-refractivity contribution is -0.137. The first-order valence-electron chi connectivity index (χ1n) is 9.42. The summed E-state index contributed by atoms with van der Waals surface area (Å²) in [5, 5.41) is 11.9. The first-order chi connectivity index (χ1) is 13.0. The van der Waals surface area contributed by atoms with Gasteiger partial charge in [0.2, 0.25) is 5.91 Å². The zero-order valence-electron chi connectivity index (χ0n) is 14.8. The Balaban J connectivity index is 1.73. The average molecular weight is 382 g/mol. The van der Waals surface area contributed by atoms with Gasteiger partial charge in [0.1, 0.15) is 17.1 Å². The Morgan fingerprint density at radius 3 is 2.33 bits per heavy atom. The Kier molecular flexibility index (Phi) is 3.56. The Hall–Kier alpha value is -2.17. The molecule has 4 nitrogen and oxygen atoms in total. The fourth-order valence-electron chi connectivity index (χ4n) is 5.38. The smallest absolute Gasteiger partial charge is 0.241 e. The molecule has 27 heavy (non-hydrogen) atoms. The second-order valence-corrected chi connectivity index (χ2v) is 8.37. The Morgan fingerprint density at radius 2 is 1.67 bits per heavy atom. The summed E-state index contributed by atoms with van der Waals surface area (Å²) in [5.41, 5.74) is 0.0305. The van der Waals surface area contributed by atoms with Crippen molar-refractivity contribution in [3.63, 3.8) is 0 Å². The number of carbonyl (C=O) groups is 2. The minimum Gasteiger partial charge on any atom is -0.385 e. The van der Waals surface area contributed by atoms with Crippen LogP contribution in [0.3, 0.4) is 0 Å². The topological polar surface area (TPSA) is 57.6 Å². The number of carbonyl (C=O) groups excluding carboxylic acids is 2. The predicted octanol–water partition coefficient (Wildman–Crippen LogP) is 3.84. The quantitative estimate of drug-likeness (QED) is 0.763. The van der Waals surface area contributed by atoms with Crippen molar-refractivity contribution in [2.75, 3.05) is 4.90 Å². The summed E-state index contributed by atoms with van der Waals surface area (Å²) in [6.07, 6.45) is 2.19. The van der Waals surface area contributed by atoms with Crippen LogP contribution >= 0.6 is 11.6 Å². The molecule has 1 N–H and O–H groups in total. The molecule has 0 unspecified atom stereocenters. The van der Waals surface area contributed by atoms with E-state index in [0.717, 1.165) is 24.0 Å². The molecule has 5 rings (SSSR count). The fourth-order valence-corrected chi connectivity index (χ4v) is 5.50. The predicted molar refractivity (Wildman–Crippen MR) is 103 cm³/mol. The molecule has 138 valence electrons. The number of nitrogens with zero attached hydrogens (tertiary/aromatic N) is 1. The number of ketones is 1. The molecule has 1 saturated carbocycles. The van der Waals surface area contributed by atoms with Crippen molar-refractivity contribution in [2.24, 2.45) is 5.41 Å². The molecule has 2 aliphatic carbocycles. The molecule has 0 aromatic heterocycles. The summed E-state index contributed by atoms with van der Waals surface area (Å²) >= 11 is 6.04. The van der Waals surface area contributed by atoms with E-state index in [-0.39, 0.29) is 11.7 Å². The number of amides is 1. The van der Waals surface area contributed by atoms with E-state index in [1.807, 2.05) is 24.3 Å². The average Bonchev–Trinajstić information content (AvgIpc) is 3.32. The third-order valence-corrected chi connectivity index (χ3v) is 6.90. The van der Waals surface area contributed by atoms with Gasteiger partial charge in [-0.15, -0.1) is 0 Å². The van der Waals surface area contributed by atoms with E-state index in [4.69, 9.17) is 11.6 Å². The zero-order valence-corrected chi connectivity index (χ0v) is 15.6. The highest BCUT2D eigenvalue weighted by Crippen LogP contribution is 2.58. The van der Waals surface area contributed by atoms with Crippen molar-refractivity contribution in [1.82, 2.24) is 0 Å². The van der Waals surface area contributed by atoms with E-state index in [9.17, 15) is 14.7 Å². The standard InChI is InChI=1S/C22H20ClNO3/c23-15-7-9-16(10-8-15)24-20(27)21(11-3-4-12-21)19(26)22(24)13-14-5-1-2-6-17(14)18(22)25/h1-2,5-10,18,25H,3-4,11-13H2/t18-,22+/m0/s1. The molecule has 0 bridgehead atoms. The molecule has 1 saturated heterocycles. The van der Waals surface area contributed by atoms with E-state index in [1.165, 1.54) is 0 Å². The molecule has 3 aliphatic rings. The lowest BCUT2D eigenvalue weighted by atomic mass is 9.75. The van der Waals surface area contributed by atoms with Gasteiger partial charge in [-0.3, -0.25) is 14.5 Å². The van der Waals surface area contributed by atoms with Crippen LogP contribution in [0.5, 0.6) is 0 Å². The van der Waals surface area contributed by atoms with Gasteiger partial charge >= 0.3 is 0 Å². The number of rotatable bonds is 1. The van der Waals surface area contributed by atoms with Crippen molar-refractivity contribution in [3.8, 4) is 0 Å². The van der Waals surface area contributed by atoms with Gasteiger partial charge in [0.15, 0.2) is 5.78 Å². The van der Waals surface area contributed by atoms with Crippen LogP contribution in [0.25, 0.3) is 0 Å². The number of halogens is 1. The van der Waals surface area contributed by atoms with E-state index >= 15 is 0 Å². The van der Waals surface area contributed by atoms with Gasteiger partial charge in [-0.1, -0.05) is 48.7 Å². The number of Topliss-reactive ketones (excluding diaryl/α,β-unsaturated/α-hetero) is 1. The number of fused-ring (bicyclic) bond motifs is 1. The summed E-state index contributed by atoms with van der Waals surface area (Å²) in [4.78, 5) is 29.1. The molecule has 1 heterocycles. The normalized spacial score (nSPS) is 28.5. The largest absolute Gasteiger partial charge is 0.385 e. The van der Waals surface area contributed by atoms with E-state index in [1.54, 1.807) is 29.2 Å². The third kappa shape index (κ3) is 2.03. The lowest BCUT2D eigenvalue weighted by Crippen LogP contribution is -2.53. The SMILES string of the molecule is O=C1N(c2ccc(Cl)cc2)[C@@]2(Cc3ccccc3[C@@H]2O)C(=O)C12CCCC2. The van der Waals surface area contributed by atoms with Crippen LogP contribution in [0.15, 0.2) is 48.5 Å². The van der Waals surface area contributed by atoms with Gasteiger partial charge < -0.3 is 5.11 Å². The summed E-state index contributed by atoms with van der Waals surface area (Å²) < 4.78 is 0. The number of anilines is 1. The molecular formula is C22H20ClNO3. The van der Waals surface area contributed by atoms with Crippen molar-refractivity contribution in [1.29, 1.82) is 0 Å². The molecule has 2 fully saturated rings. The van der Waals surface area contributed by atoms with Crippen molar-refractivity contribution < 1.29 is 14.7 Å². The van der Waals surface area contributed by atoms with Gasteiger partial charge in [-0.2, -0.15) is 0 Å². The van der Waals surface area contributed by atoms with Crippen LogP contribution in [-0.2, 0) is 16.0 Å². The third-order valence-electron chi connectivity index (χ3n) is 6.64. The number of benzene rings is 2. The Morgan fingerprint density at radius 1 is 1.00 bits per heavy atom. The van der Waals surface area contributed by atoms with Crippen LogP contribution in [0.2, 0.25) is 5.02 Å². The number of hydrogen-bond donors (Lipinski definition) is 1. The number of hydrogen-bond acceptors (Lipinski definition) is 3. The molecular weight excluding hydrogens is 362 g/mol. The monoisotopic (exact) mass is 381 g/mol. The van der Waals surface area contributed by atoms with Crippen molar-refractivity contribution >= 4 is 29.0 Å². The van der Waals surface area contributed by atoms with Gasteiger partial charge in [0.05, 0.1) is 0 Å². The van der Waals surface area contributed by atoms with Crippen molar-refractivity contribution in [3.05, 3.63) is 64.7 Å². The Labute approximate surface area is 162 Å². The van der Waals surface area contributed by atoms with Crippen LogP contribution in [0.4, 0.5) is 5.69 Å². The van der Waals surface area contributed by atoms with Crippen molar-refractivity contribution in [2.45, 2.75) is 43.7 Å². The molecule has 0 radical (unpaired) electrons. The molecule has 5 heteroatoms. The summed E-state index contributed by atoms with van der Waals surface area (Å²) in [6.45, 7) is 0. The maximum Gasteiger partial charge on any atom is 0.241 e. The molecule has 2 atom stereocenters. The van der Waals surface area contributed by atoms with Gasteiger partial charge in [0, 0.05) is 17.1 Å². The maximum absolute atomic E-state index is 13.8. The van der Waals surface area contributed by atoms with E-state index < -0.39 is 17.1 Å². The number of aliphatic hydroxyl groups excluding tert-OH is 1. The molecule has 2 spiro atoms. The molecule has 1 amide bonds. The highest BCUT2D eigenvalue weighted by molar-refractivity contribution is 6.31. The summed E-state index contributed by atoms with van der Waals surface area (Å²) in [6, 6.07) is 14.5. The van der Waals surface area contributed by atoms with Crippen LogP contribution in [0.1, 0.15) is 42.9 Å². The number of aliphatic hydroxyl groups is 1. The van der Waals surface area contributed by atoms with E-state index in [2.05, 4.69) is 0 Å². The molecule has 2 aromatic carbocycles. The Bertz CT molecular complexity index is 948. The minimum atomic E-state index is -1.26. The van der Waals surface area contributed by atoms with Gasteiger partial charge in [0.25, 0.3) is 0 Å². The second kappa shape index (κ2) is 5.66. The summed E-state index contributed by atoms with van der Waals surface area (Å²) in [7, 11) is 0. The highest BCUT2D eigenvalue weighted by atomic mass is 35.5. The molecule has 2 aromatic rings. The minimum absolute atomic E-state index is 0.115. The van der Waals surface area contributed by atoms with E-state index in [0.29, 0.717) is 30.0 Å². The highest BCUT2D eigenvalue weighted by Gasteiger charge is 2.71.